The minimum Gasteiger partial charge on any atom is -0.748 e. The number of alkyl halides is 9. The van der Waals surface area contributed by atoms with E-state index in [0.29, 0.717) is 10.6 Å². The number of aryl methyl sites for hydroxylation is 1. The number of imidazole rings is 1. The summed E-state index contributed by atoms with van der Waals surface area (Å²) in [5.74, 6) is -0.569. The molecule has 0 N–H and O–H groups in total. The molecule has 4 rings (SSSR count). The summed E-state index contributed by atoms with van der Waals surface area (Å²) in [7, 11) is -3.18. The van der Waals surface area contributed by atoms with Gasteiger partial charge in [0.2, 0.25) is 0 Å². The zero-order valence-corrected chi connectivity index (χ0v) is 25.6. The van der Waals surface area contributed by atoms with Crippen LogP contribution in [0.4, 0.5) is 50.9 Å². The van der Waals surface area contributed by atoms with Crippen LogP contribution >= 0.6 is 11.6 Å². The lowest BCUT2D eigenvalue weighted by Crippen LogP contribution is -2.32. The third kappa shape index (κ3) is 7.74. The number of hydrogen-bond acceptors (Lipinski definition) is 5. The van der Waals surface area contributed by atoms with Crippen molar-refractivity contribution in [3.05, 3.63) is 70.3 Å². The van der Waals surface area contributed by atoms with Crippen molar-refractivity contribution in [2.24, 2.45) is 7.05 Å². The molecule has 7 nitrogen and oxygen atoms in total. The third-order valence-corrected chi connectivity index (χ3v) is 8.35. The van der Waals surface area contributed by atoms with Crippen LogP contribution in [-0.2, 0) is 36.1 Å². The molecule has 252 valence electrons. The smallest absolute Gasteiger partial charge is 0.426 e. The van der Waals surface area contributed by atoms with Crippen molar-refractivity contribution in [1.82, 2.24) is 4.57 Å². The Morgan fingerprint density at radius 1 is 0.935 bits per heavy atom. The number of nitrogens with zero attached hydrogens (tertiary/aromatic N) is 4. The third-order valence-electron chi connectivity index (χ3n) is 7.25. The molecule has 18 heteroatoms. The number of allylic oxidation sites excluding steroid dienone is 2. The normalized spacial score (nSPS) is 15.6. The minimum absolute atomic E-state index is 0.0417. The number of rotatable bonds is 9. The van der Waals surface area contributed by atoms with Crippen LogP contribution < -0.4 is 14.4 Å². The van der Waals surface area contributed by atoms with E-state index in [0.717, 1.165) is 24.3 Å². The summed E-state index contributed by atoms with van der Waals surface area (Å²) in [4.78, 5) is 3.02. The van der Waals surface area contributed by atoms with E-state index in [-0.39, 0.29) is 60.0 Å². The van der Waals surface area contributed by atoms with Crippen LogP contribution in [0.3, 0.4) is 0 Å². The maximum atomic E-state index is 13.7. The maximum Gasteiger partial charge on any atom is 0.426 e. The molecule has 2 aromatic carbocycles. The largest absolute Gasteiger partial charge is 0.748 e. The molecular weight excluding hydrogens is 679 g/mol. The highest BCUT2D eigenvalue weighted by Gasteiger charge is 2.39. The van der Waals surface area contributed by atoms with Gasteiger partial charge in [-0.1, -0.05) is 17.7 Å². The van der Waals surface area contributed by atoms with Crippen molar-refractivity contribution in [2.45, 2.75) is 44.8 Å². The van der Waals surface area contributed by atoms with Crippen molar-refractivity contribution < 1.29 is 57.1 Å². The number of fused-ring (bicyclic) bond motifs is 2. The lowest BCUT2D eigenvalue weighted by molar-refractivity contribution is -0.647. The molecule has 0 fully saturated rings. The predicted octanol–water partition coefficient (Wildman–Crippen LogP) is 7.25. The fraction of sp³-hybridized carbons (Fsp3) is 0.393. The SMILES string of the molecule is CCN1/C(=C\C=C\c2n(CC(F)(F)F)c3cc(C(F)(F)F)ccc3[n+]2C)N(CCCCS(=O)(=O)[O-])c2cc(C(F)(F)F)c(Cl)cc21. The second-order valence-electron chi connectivity index (χ2n) is 10.4. The zero-order valence-electron chi connectivity index (χ0n) is 24.1. The Morgan fingerprint density at radius 3 is 2.15 bits per heavy atom. The van der Waals surface area contributed by atoms with Crippen LogP contribution in [0.1, 0.15) is 36.7 Å². The summed E-state index contributed by atoms with van der Waals surface area (Å²) in [6, 6.07) is 4.37. The van der Waals surface area contributed by atoms with Crippen LogP contribution in [0, 0.1) is 0 Å². The van der Waals surface area contributed by atoms with E-state index in [1.165, 1.54) is 34.7 Å². The first-order valence-electron chi connectivity index (χ1n) is 13.6. The fourth-order valence-electron chi connectivity index (χ4n) is 5.28. The number of hydrogen-bond donors (Lipinski definition) is 0. The molecule has 46 heavy (non-hydrogen) atoms. The van der Waals surface area contributed by atoms with Gasteiger partial charge in [-0.05, 0) is 50.1 Å². The van der Waals surface area contributed by atoms with E-state index < -0.39 is 57.1 Å². The summed E-state index contributed by atoms with van der Waals surface area (Å²) in [6.07, 6.45) is -10.5. The molecule has 0 bridgehead atoms. The molecule has 0 amide bonds. The van der Waals surface area contributed by atoms with Crippen LogP contribution in [-0.4, -0.2) is 42.6 Å². The molecule has 2 heterocycles. The predicted molar refractivity (Wildman–Crippen MR) is 152 cm³/mol. The molecule has 0 spiro atoms. The van der Waals surface area contributed by atoms with Gasteiger partial charge in [0, 0.05) is 31.0 Å². The minimum atomic E-state index is -4.82. The first-order chi connectivity index (χ1) is 21.1. The second kappa shape index (κ2) is 12.6. The molecule has 0 aliphatic carbocycles. The van der Waals surface area contributed by atoms with Gasteiger partial charge in [-0.15, -0.1) is 0 Å². The highest BCUT2D eigenvalue weighted by molar-refractivity contribution is 7.85. The van der Waals surface area contributed by atoms with Gasteiger partial charge in [-0.25, -0.2) is 17.6 Å². The number of unbranched alkanes of at least 4 members (excludes halogenated alkanes) is 1. The van der Waals surface area contributed by atoms with Crippen LogP contribution in [0.2, 0.25) is 5.02 Å². The highest BCUT2D eigenvalue weighted by Crippen LogP contribution is 2.48. The number of anilines is 2. The molecule has 0 saturated carbocycles. The van der Waals surface area contributed by atoms with Gasteiger partial charge in [-0.2, -0.15) is 39.5 Å². The van der Waals surface area contributed by atoms with E-state index in [4.69, 9.17) is 11.6 Å². The Balaban J connectivity index is 1.82. The average Bonchev–Trinajstić information content (AvgIpc) is 3.33. The second-order valence-corrected chi connectivity index (χ2v) is 12.3. The maximum absolute atomic E-state index is 13.7. The lowest BCUT2D eigenvalue weighted by Gasteiger charge is -2.24. The van der Waals surface area contributed by atoms with Gasteiger partial charge in [-0.3, -0.25) is 0 Å². The molecule has 1 aliphatic heterocycles. The fourth-order valence-corrected chi connectivity index (χ4v) is 6.11. The van der Waals surface area contributed by atoms with E-state index in [1.807, 2.05) is 0 Å². The molecule has 1 aromatic heterocycles. The van der Waals surface area contributed by atoms with E-state index >= 15 is 0 Å². The molecular formula is C28H26ClF9N4O3S. The summed E-state index contributed by atoms with van der Waals surface area (Å²) in [5, 5.41) is -0.583. The zero-order chi connectivity index (χ0) is 34.4. The molecule has 0 radical (unpaired) electrons. The average molecular weight is 705 g/mol. The first-order valence-corrected chi connectivity index (χ1v) is 15.5. The Hall–Kier alpha value is -3.44. The van der Waals surface area contributed by atoms with E-state index in [1.54, 1.807) is 11.8 Å². The number of benzene rings is 2. The quantitative estimate of drug-likeness (QED) is 0.102. The van der Waals surface area contributed by atoms with Crippen molar-refractivity contribution in [2.75, 3.05) is 28.6 Å². The standard InChI is InChI=1S/C28H26ClF9N4O3S/c1-3-40-23-15-19(29)18(28(36,37)38)14-22(23)41(11-4-5-12-46(43,44)45)25(40)8-6-7-24-39(2)20-10-9-17(27(33,34)35)13-21(20)42(24)16-26(30,31)32/h6-10,13-15H,3-5,11-12,16H2,1-2H3. The van der Waals surface area contributed by atoms with E-state index in [9.17, 15) is 52.5 Å². The van der Waals surface area contributed by atoms with Gasteiger partial charge in [0.05, 0.1) is 44.7 Å². The monoisotopic (exact) mass is 704 g/mol. The topological polar surface area (TPSA) is 72.5 Å². The summed E-state index contributed by atoms with van der Waals surface area (Å²) in [5.41, 5.74) is -2.17. The van der Waals surface area contributed by atoms with Gasteiger partial charge in [0.1, 0.15) is 5.82 Å². The number of aromatic nitrogens is 2. The first kappa shape index (κ1) is 35.4. The Kier molecular flexibility index (Phi) is 9.73. The van der Waals surface area contributed by atoms with Crippen LogP contribution in [0.5, 0.6) is 0 Å². The Bertz CT molecular complexity index is 1800. The summed E-state index contributed by atoms with van der Waals surface area (Å²) >= 11 is 5.97. The molecule has 0 atom stereocenters. The van der Waals surface area contributed by atoms with Crippen molar-refractivity contribution in [1.29, 1.82) is 0 Å². The van der Waals surface area contributed by atoms with Gasteiger partial charge in [0.25, 0.3) is 5.82 Å². The van der Waals surface area contributed by atoms with Crippen molar-refractivity contribution in [3.8, 4) is 0 Å². The van der Waals surface area contributed by atoms with Gasteiger partial charge in [0.15, 0.2) is 17.6 Å². The summed E-state index contributed by atoms with van der Waals surface area (Å²) < 4.78 is 157. The van der Waals surface area contributed by atoms with Crippen molar-refractivity contribution >= 4 is 50.2 Å². The Labute approximate surface area is 262 Å². The molecule has 3 aromatic rings. The van der Waals surface area contributed by atoms with Crippen molar-refractivity contribution in [3.63, 3.8) is 0 Å². The molecule has 0 saturated heterocycles. The van der Waals surface area contributed by atoms with Crippen LogP contribution in [0.25, 0.3) is 17.1 Å². The Morgan fingerprint density at radius 2 is 1.59 bits per heavy atom. The highest BCUT2D eigenvalue weighted by atomic mass is 35.5. The van der Waals surface area contributed by atoms with Gasteiger partial charge >= 0.3 is 18.5 Å². The van der Waals surface area contributed by atoms with Crippen LogP contribution in [0.15, 0.2) is 48.3 Å². The number of halogens is 10. The van der Waals surface area contributed by atoms with Gasteiger partial charge < -0.3 is 14.4 Å². The molecule has 1 aliphatic rings. The van der Waals surface area contributed by atoms with E-state index in [2.05, 4.69) is 0 Å². The summed E-state index contributed by atoms with van der Waals surface area (Å²) in [6.45, 7) is 0.226. The molecule has 0 unspecified atom stereocenters. The lowest BCUT2D eigenvalue weighted by atomic mass is 10.1.